The third kappa shape index (κ3) is 3.67. The molecule has 0 bridgehead atoms. The minimum atomic E-state index is 0.668. The summed E-state index contributed by atoms with van der Waals surface area (Å²) in [6.07, 6.45) is 5.27. The maximum absolute atomic E-state index is 6.34. The molecule has 4 heteroatoms. The van der Waals surface area contributed by atoms with Crippen molar-refractivity contribution in [2.45, 2.75) is 38.3 Å². The third-order valence-electron chi connectivity index (χ3n) is 4.42. The fourth-order valence-electron chi connectivity index (χ4n) is 3.07. The van der Waals surface area contributed by atoms with E-state index in [0.717, 1.165) is 23.5 Å². The van der Waals surface area contributed by atoms with Gasteiger partial charge >= 0.3 is 0 Å². The molecule has 0 amide bonds. The summed E-state index contributed by atoms with van der Waals surface area (Å²) in [7, 11) is 0. The average Bonchev–Trinajstić information content (AvgIpc) is 3.29. The van der Waals surface area contributed by atoms with E-state index in [4.69, 9.17) is 23.2 Å². The van der Waals surface area contributed by atoms with E-state index in [9.17, 15) is 0 Å². The number of halogens is 2. The molecule has 110 valence electrons. The zero-order valence-electron chi connectivity index (χ0n) is 11.7. The van der Waals surface area contributed by atoms with Crippen molar-refractivity contribution in [1.29, 1.82) is 0 Å². The summed E-state index contributed by atoms with van der Waals surface area (Å²) >= 11 is 12.5. The van der Waals surface area contributed by atoms with Crippen molar-refractivity contribution in [3.05, 3.63) is 33.8 Å². The van der Waals surface area contributed by atoms with E-state index in [1.165, 1.54) is 50.9 Å². The highest BCUT2D eigenvalue weighted by Crippen LogP contribution is 2.33. The first-order valence-corrected chi connectivity index (χ1v) is 8.37. The molecule has 20 heavy (non-hydrogen) atoms. The molecule has 3 rings (SSSR count). The number of nitrogens with zero attached hydrogens (tertiary/aromatic N) is 1. The predicted octanol–water partition coefficient (Wildman–Crippen LogP) is 3.96. The molecular formula is C16H22Cl2N2. The molecule has 1 aromatic carbocycles. The first-order chi connectivity index (χ1) is 9.74. The number of hydrogen-bond acceptors (Lipinski definition) is 2. The summed E-state index contributed by atoms with van der Waals surface area (Å²) in [5.41, 5.74) is 1.17. The lowest BCUT2D eigenvalue weighted by Crippen LogP contribution is -2.37. The first kappa shape index (κ1) is 14.6. The highest BCUT2D eigenvalue weighted by atomic mass is 35.5. The lowest BCUT2D eigenvalue weighted by Gasteiger charge is -2.30. The molecule has 1 saturated heterocycles. The van der Waals surface area contributed by atoms with Crippen molar-refractivity contribution in [2.24, 2.45) is 5.92 Å². The van der Waals surface area contributed by atoms with Gasteiger partial charge < -0.3 is 5.32 Å². The first-order valence-electron chi connectivity index (χ1n) is 7.61. The molecule has 1 N–H and O–H groups in total. The monoisotopic (exact) mass is 312 g/mol. The predicted molar refractivity (Wildman–Crippen MR) is 85.5 cm³/mol. The van der Waals surface area contributed by atoms with Crippen LogP contribution in [0, 0.1) is 5.92 Å². The van der Waals surface area contributed by atoms with Gasteiger partial charge in [-0.3, -0.25) is 4.90 Å². The van der Waals surface area contributed by atoms with E-state index in [1.54, 1.807) is 0 Å². The Morgan fingerprint density at radius 2 is 1.85 bits per heavy atom. The molecule has 0 atom stereocenters. The van der Waals surface area contributed by atoms with Gasteiger partial charge in [0.1, 0.15) is 0 Å². The van der Waals surface area contributed by atoms with Gasteiger partial charge in [0.2, 0.25) is 0 Å². The highest BCUT2D eigenvalue weighted by molar-refractivity contribution is 6.42. The zero-order chi connectivity index (χ0) is 13.9. The number of benzene rings is 1. The number of hydrogen-bond donors (Lipinski definition) is 1. The number of piperidine rings is 1. The molecule has 2 nitrogen and oxygen atoms in total. The van der Waals surface area contributed by atoms with Crippen LogP contribution in [0.2, 0.25) is 10.0 Å². The summed E-state index contributed by atoms with van der Waals surface area (Å²) in [4.78, 5) is 2.62. The second-order valence-corrected chi connectivity index (χ2v) is 6.85. The molecule has 1 aliphatic carbocycles. The fraction of sp³-hybridized carbons (Fsp3) is 0.625. The van der Waals surface area contributed by atoms with Crippen LogP contribution >= 0.6 is 23.2 Å². The summed E-state index contributed by atoms with van der Waals surface area (Å²) in [5, 5.41) is 4.84. The van der Waals surface area contributed by atoms with Crippen LogP contribution in [0.15, 0.2) is 18.2 Å². The van der Waals surface area contributed by atoms with Crippen molar-refractivity contribution < 1.29 is 0 Å². The summed E-state index contributed by atoms with van der Waals surface area (Å²) in [5.74, 6) is 0.829. The van der Waals surface area contributed by atoms with E-state index in [1.807, 2.05) is 12.1 Å². The molecule has 0 aromatic heterocycles. The van der Waals surface area contributed by atoms with Crippen molar-refractivity contribution in [1.82, 2.24) is 10.2 Å². The van der Waals surface area contributed by atoms with Crippen LogP contribution in [-0.2, 0) is 6.54 Å². The topological polar surface area (TPSA) is 15.3 Å². The van der Waals surface area contributed by atoms with Gasteiger partial charge in [-0.1, -0.05) is 35.3 Å². The van der Waals surface area contributed by atoms with Gasteiger partial charge in [0.15, 0.2) is 0 Å². The van der Waals surface area contributed by atoms with Gasteiger partial charge in [0, 0.05) is 19.1 Å². The van der Waals surface area contributed by atoms with Crippen LogP contribution in [0.25, 0.3) is 0 Å². The van der Waals surface area contributed by atoms with Crippen LogP contribution in [0.1, 0.15) is 31.2 Å². The average molecular weight is 313 g/mol. The van der Waals surface area contributed by atoms with Gasteiger partial charge in [0.25, 0.3) is 0 Å². The number of rotatable bonds is 5. The zero-order valence-corrected chi connectivity index (χ0v) is 13.3. The van der Waals surface area contributed by atoms with E-state index in [-0.39, 0.29) is 0 Å². The standard InChI is InChI=1S/C16H22Cl2N2/c17-15-3-1-2-13(16(15)18)11-20(14-4-5-14)10-12-6-8-19-9-7-12/h1-3,12,14,19H,4-11H2. The van der Waals surface area contributed by atoms with Gasteiger partial charge in [-0.05, 0) is 56.3 Å². The molecule has 1 saturated carbocycles. The second-order valence-electron chi connectivity index (χ2n) is 6.07. The molecule has 1 heterocycles. The summed E-state index contributed by atoms with van der Waals surface area (Å²) in [6.45, 7) is 4.48. The number of nitrogens with one attached hydrogen (secondary N) is 1. The van der Waals surface area contributed by atoms with Crippen molar-refractivity contribution in [3.63, 3.8) is 0 Å². The van der Waals surface area contributed by atoms with E-state index < -0.39 is 0 Å². The Morgan fingerprint density at radius 1 is 1.10 bits per heavy atom. The molecule has 0 unspecified atom stereocenters. The van der Waals surface area contributed by atoms with Crippen LogP contribution in [0.5, 0.6) is 0 Å². The second kappa shape index (κ2) is 6.65. The van der Waals surface area contributed by atoms with Crippen molar-refractivity contribution in [2.75, 3.05) is 19.6 Å². The van der Waals surface area contributed by atoms with Gasteiger partial charge in [0.05, 0.1) is 10.0 Å². The van der Waals surface area contributed by atoms with Crippen LogP contribution in [-0.4, -0.2) is 30.6 Å². The Morgan fingerprint density at radius 3 is 2.55 bits per heavy atom. The summed E-state index contributed by atoms with van der Waals surface area (Å²) < 4.78 is 0. The van der Waals surface area contributed by atoms with Gasteiger partial charge in [-0.25, -0.2) is 0 Å². The Hall–Kier alpha value is -0.280. The highest BCUT2D eigenvalue weighted by Gasteiger charge is 2.31. The molecule has 2 aliphatic rings. The normalized spacial score (nSPS) is 20.6. The van der Waals surface area contributed by atoms with E-state index >= 15 is 0 Å². The molecule has 2 fully saturated rings. The largest absolute Gasteiger partial charge is 0.317 e. The Bertz CT molecular complexity index is 454. The minimum Gasteiger partial charge on any atom is -0.317 e. The Kier molecular flexibility index (Phi) is 4.87. The Labute approximate surface area is 131 Å². The van der Waals surface area contributed by atoms with Gasteiger partial charge in [-0.2, -0.15) is 0 Å². The van der Waals surface area contributed by atoms with Crippen molar-refractivity contribution in [3.8, 4) is 0 Å². The van der Waals surface area contributed by atoms with Crippen LogP contribution < -0.4 is 5.32 Å². The van der Waals surface area contributed by atoms with Crippen LogP contribution in [0.3, 0.4) is 0 Å². The van der Waals surface area contributed by atoms with Crippen LogP contribution in [0.4, 0.5) is 0 Å². The lowest BCUT2D eigenvalue weighted by molar-refractivity contribution is 0.190. The molecule has 0 radical (unpaired) electrons. The lowest BCUT2D eigenvalue weighted by atomic mass is 9.97. The smallest absolute Gasteiger partial charge is 0.0637 e. The molecule has 1 aromatic rings. The maximum Gasteiger partial charge on any atom is 0.0637 e. The van der Waals surface area contributed by atoms with Crippen molar-refractivity contribution >= 4 is 23.2 Å². The molecular weight excluding hydrogens is 291 g/mol. The van der Waals surface area contributed by atoms with E-state index in [2.05, 4.69) is 16.3 Å². The molecule has 1 aliphatic heterocycles. The fourth-order valence-corrected chi connectivity index (χ4v) is 3.45. The summed E-state index contributed by atoms with van der Waals surface area (Å²) in [6, 6.07) is 6.73. The SMILES string of the molecule is Clc1cccc(CN(CC2CCNCC2)C2CC2)c1Cl. The molecule has 0 spiro atoms. The quantitative estimate of drug-likeness (QED) is 0.885. The maximum atomic E-state index is 6.34. The minimum absolute atomic E-state index is 0.668. The van der Waals surface area contributed by atoms with E-state index in [0.29, 0.717) is 5.02 Å². The third-order valence-corrected chi connectivity index (χ3v) is 5.28. The Balaban J connectivity index is 1.66. The van der Waals surface area contributed by atoms with Gasteiger partial charge in [-0.15, -0.1) is 0 Å².